The maximum absolute atomic E-state index is 6.03. The Morgan fingerprint density at radius 2 is 2.29 bits per heavy atom. The van der Waals surface area contributed by atoms with Gasteiger partial charge in [-0.1, -0.05) is 12.2 Å². The molecule has 1 aromatic heterocycles. The van der Waals surface area contributed by atoms with E-state index in [1.54, 1.807) is 0 Å². The maximum Gasteiger partial charge on any atom is 0.0948 e. The second-order valence-corrected chi connectivity index (χ2v) is 4.05. The molecule has 0 aliphatic heterocycles. The van der Waals surface area contributed by atoms with Crippen molar-refractivity contribution in [1.29, 1.82) is 0 Å². The number of rotatable bonds is 4. The molecule has 0 radical (unpaired) electrons. The van der Waals surface area contributed by atoms with Crippen LogP contribution in [-0.4, -0.2) is 9.55 Å². The molecule has 3 heteroatoms. The number of hydrogen-bond donors (Lipinski definition) is 1. The topological polar surface area (TPSA) is 43.8 Å². The fraction of sp³-hybridized carbons (Fsp3) is 0.545. The third kappa shape index (κ3) is 2.70. The molecule has 0 bridgehead atoms. The summed E-state index contributed by atoms with van der Waals surface area (Å²) in [6.07, 6.45) is 8.91. The Kier molecular flexibility index (Phi) is 3.47. The Morgan fingerprint density at radius 3 is 2.86 bits per heavy atom. The van der Waals surface area contributed by atoms with Gasteiger partial charge in [0.15, 0.2) is 0 Å². The van der Waals surface area contributed by atoms with Crippen molar-refractivity contribution in [3.63, 3.8) is 0 Å². The summed E-state index contributed by atoms with van der Waals surface area (Å²) in [5, 5.41) is 0. The second-order valence-electron chi connectivity index (χ2n) is 4.05. The van der Waals surface area contributed by atoms with Crippen molar-refractivity contribution >= 4 is 0 Å². The molecule has 14 heavy (non-hydrogen) atoms. The smallest absolute Gasteiger partial charge is 0.0948 e. The van der Waals surface area contributed by atoms with E-state index in [-0.39, 0.29) is 5.54 Å². The fourth-order valence-corrected chi connectivity index (χ4v) is 1.42. The van der Waals surface area contributed by atoms with Crippen LogP contribution in [0.3, 0.4) is 0 Å². The number of allylic oxidation sites excluding steroid dienone is 2. The molecule has 0 amide bonds. The lowest BCUT2D eigenvalue weighted by Gasteiger charge is -2.20. The van der Waals surface area contributed by atoms with E-state index >= 15 is 0 Å². The van der Waals surface area contributed by atoms with Crippen molar-refractivity contribution in [2.24, 2.45) is 5.73 Å². The van der Waals surface area contributed by atoms with E-state index in [0.717, 1.165) is 18.7 Å². The summed E-state index contributed by atoms with van der Waals surface area (Å²) >= 11 is 0. The molecule has 3 nitrogen and oxygen atoms in total. The van der Waals surface area contributed by atoms with E-state index in [0.29, 0.717) is 0 Å². The van der Waals surface area contributed by atoms with Crippen molar-refractivity contribution in [2.75, 3.05) is 0 Å². The average Bonchev–Trinajstić information content (AvgIpc) is 2.52. The van der Waals surface area contributed by atoms with Crippen LogP contribution >= 0.6 is 0 Å². The van der Waals surface area contributed by atoms with Crippen LogP contribution in [0.25, 0.3) is 0 Å². The highest BCUT2D eigenvalue weighted by Gasteiger charge is 2.18. The minimum Gasteiger partial charge on any atom is -0.333 e. The molecular weight excluding hydrogens is 174 g/mol. The molecule has 0 aliphatic rings. The molecule has 0 saturated carbocycles. The van der Waals surface area contributed by atoms with Crippen molar-refractivity contribution in [3.8, 4) is 0 Å². The summed E-state index contributed by atoms with van der Waals surface area (Å²) in [6.45, 7) is 6.97. The van der Waals surface area contributed by atoms with E-state index in [1.807, 2.05) is 33.3 Å². The lowest BCUT2D eigenvalue weighted by Crippen LogP contribution is -2.31. The number of aromatic nitrogens is 2. The van der Waals surface area contributed by atoms with E-state index in [4.69, 9.17) is 5.73 Å². The third-order valence-corrected chi connectivity index (χ3v) is 2.14. The summed E-state index contributed by atoms with van der Waals surface area (Å²) in [5.41, 5.74) is 6.80. The Morgan fingerprint density at radius 1 is 1.57 bits per heavy atom. The summed E-state index contributed by atoms with van der Waals surface area (Å²) < 4.78 is 2.11. The van der Waals surface area contributed by atoms with Gasteiger partial charge in [0.25, 0.3) is 0 Å². The zero-order chi connectivity index (χ0) is 10.6. The van der Waals surface area contributed by atoms with E-state index in [1.165, 1.54) is 0 Å². The van der Waals surface area contributed by atoms with Gasteiger partial charge in [0.1, 0.15) is 0 Å². The number of hydrogen-bond acceptors (Lipinski definition) is 2. The molecule has 0 aromatic carbocycles. The van der Waals surface area contributed by atoms with Gasteiger partial charge in [-0.05, 0) is 27.2 Å². The van der Waals surface area contributed by atoms with Gasteiger partial charge in [0.05, 0.1) is 17.6 Å². The van der Waals surface area contributed by atoms with Crippen LogP contribution in [0.15, 0.2) is 24.7 Å². The highest BCUT2D eigenvalue weighted by molar-refractivity contribution is 5.09. The van der Waals surface area contributed by atoms with Crippen LogP contribution in [-0.2, 0) is 12.1 Å². The molecule has 1 heterocycles. The summed E-state index contributed by atoms with van der Waals surface area (Å²) in [6, 6.07) is 0. The van der Waals surface area contributed by atoms with Gasteiger partial charge in [0.2, 0.25) is 0 Å². The van der Waals surface area contributed by atoms with Gasteiger partial charge >= 0.3 is 0 Å². The number of nitrogens with two attached hydrogens (primary N) is 1. The Hall–Kier alpha value is -1.09. The molecule has 0 spiro atoms. The first-order valence-corrected chi connectivity index (χ1v) is 4.96. The van der Waals surface area contributed by atoms with Gasteiger partial charge in [-0.25, -0.2) is 4.98 Å². The highest BCUT2D eigenvalue weighted by Crippen LogP contribution is 2.16. The zero-order valence-corrected chi connectivity index (χ0v) is 9.20. The van der Waals surface area contributed by atoms with Crippen molar-refractivity contribution < 1.29 is 0 Å². The van der Waals surface area contributed by atoms with Crippen molar-refractivity contribution in [3.05, 3.63) is 30.4 Å². The predicted molar refractivity (Wildman–Crippen MR) is 58.9 cm³/mol. The monoisotopic (exact) mass is 193 g/mol. The van der Waals surface area contributed by atoms with Gasteiger partial charge in [-0.3, -0.25) is 0 Å². The Bertz CT molecular complexity index is 305. The molecular formula is C11H19N3. The Balaban J connectivity index is 2.73. The summed E-state index contributed by atoms with van der Waals surface area (Å²) in [7, 11) is 0. The minimum atomic E-state index is -0.313. The molecule has 2 N–H and O–H groups in total. The van der Waals surface area contributed by atoms with Gasteiger partial charge in [-0.2, -0.15) is 0 Å². The summed E-state index contributed by atoms with van der Waals surface area (Å²) in [5.74, 6) is 0. The van der Waals surface area contributed by atoms with E-state index < -0.39 is 0 Å². The molecule has 0 aliphatic carbocycles. The van der Waals surface area contributed by atoms with Gasteiger partial charge in [0, 0.05) is 12.7 Å². The standard InChI is InChI=1S/C11H19N3/c1-4-5-6-7-14-9-13-8-10(14)11(2,3)12/h4-5,8-9H,6-7,12H2,1-3H3/b5-4+. The van der Waals surface area contributed by atoms with Crippen LogP contribution in [0.2, 0.25) is 0 Å². The van der Waals surface area contributed by atoms with Crippen molar-refractivity contribution in [2.45, 2.75) is 39.3 Å². The molecule has 1 rings (SSSR count). The van der Waals surface area contributed by atoms with Crippen LogP contribution in [0.5, 0.6) is 0 Å². The second kappa shape index (κ2) is 4.42. The van der Waals surface area contributed by atoms with Crippen LogP contribution in [0.1, 0.15) is 32.9 Å². The van der Waals surface area contributed by atoms with Crippen LogP contribution in [0.4, 0.5) is 0 Å². The molecule has 0 unspecified atom stereocenters. The molecule has 0 atom stereocenters. The van der Waals surface area contributed by atoms with Gasteiger partial charge in [-0.15, -0.1) is 0 Å². The number of imidazole rings is 1. The quantitative estimate of drug-likeness (QED) is 0.744. The molecule has 0 fully saturated rings. The normalized spacial score (nSPS) is 12.6. The minimum absolute atomic E-state index is 0.313. The van der Waals surface area contributed by atoms with Gasteiger partial charge < -0.3 is 10.3 Å². The lowest BCUT2D eigenvalue weighted by molar-refractivity contribution is 0.493. The average molecular weight is 193 g/mol. The molecule has 1 aromatic rings. The summed E-state index contributed by atoms with van der Waals surface area (Å²) in [4.78, 5) is 4.13. The number of aryl methyl sites for hydroxylation is 1. The first kappa shape index (κ1) is 11.0. The molecule has 78 valence electrons. The van der Waals surface area contributed by atoms with Crippen LogP contribution in [0, 0.1) is 0 Å². The zero-order valence-electron chi connectivity index (χ0n) is 9.20. The predicted octanol–water partition coefficient (Wildman–Crippen LogP) is 2.04. The SMILES string of the molecule is C/C=C/CCn1cncc1C(C)(C)N. The first-order valence-electron chi connectivity index (χ1n) is 4.96. The van der Waals surface area contributed by atoms with E-state index in [9.17, 15) is 0 Å². The Labute approximate surface area is 85.6 Å². The maximum atomic E-state index is 6.03. The molecule has 0 saturated heterocycles. The lowest BCUT2D eigenvalue weighted by atomic mass is 10.0. The van der Waals surface area contributed by atoms with Crippen molar-refractivity contribution in [1.82, 2.24) is 9.55 Å². The fourth-order valence-electron chi connectivity index (χ4n) is 1.42. The van der Waals surface area contributed by atoms with Crippen LogP contribution < -0.4 is 5.73 Å². The highest BCUT2D eigenvalue weighted by atomic mass is 15.1. The largest absolute Gasteiger partial charge is 0.333 e. The first-order chi connectivity index (χ1) is 6.55. The third-order valence-electron chi connectivity index (χ3n) is 2.14. The van der Waals surface area contributed by atoms with E-state index in [2.05, 4.69) is 21.7 Å². The number of nitrogens with zero attached hydrogens (tertiary/aromatic N) is 2.